The van der Waals surface area contributed by atoms with E-state index in [4.69, 9.17) is 9.47 Å². The molecule has 1 aliphatic heterocycles. The molecule has 5 heteroatoms. The number of hydrogen-bond donors (Lipinski definition) is 1. The molecule has 3 rings (SSSR count). The van der Waals surface area contributed by atoms with Crippen LogP contribution in [-0.4, -0.2) is 29.0 Å². The molecule has 5 nitrogen and oxygen atoms in total. The van der Waals surface area contributed by atoms with Gasteiger partial charge in [-0.15, -0.1) is 0 Å². The predicted molar refractivity (Wildman–Crippen MR) is 85.4 cm³/mol. The normalized spacial score (nSPS) is 16.3. The van der Waals surface area contributed by atoms with Gasteiger partial charge in [0.1, 0.15) is 13.2 Å². The van der Waals surface area contributed by atoms with E-state index in [-0.39, 0.29) is 6.04 Å². The predicted octanol–water partition coefficient (Wildman–Crippen LogP) is 2.70. The summed E-state index contributed by atoms with van der Waals surface area (Å²) in [5, 5.41) is 7.95. The van der Waals surface area contributed by atoms with E-state index >= 15 is 0 Å². The molecule has 1 aromatic heterocycles. The molecule has 2 heterocycles. The smallest absolute Gasteiger partial charge is 0.165 e. The van der Waals surface area contributed by atoms with Crippen LogP contribution < -0.4 is 14.8 Å². The second-order valence-electron chi connectivity index (χ2n) is 5.85. The molecule has 2 atom stereocenters. The van der Waals surface area contributed by atoms with Crippen molar-refractivity contribution < 1.29 is 9.47 Å². The number of nitrogens with zero attached hydrogens (tertiary/aromatic N) is 2. The minimum absolute atomic E-state index is 0.283. The van der Waals surface area contributed by atoms with Crippen LogP contribution in [0.25, 0.3) is 0 Å². The van der Waals surface area contributed by atoms with E-state index in [0.717, 1.165) is 23.6 Å². The molecule has 0 aliphatic carbocycles. The summed E-state index contributed by atoms with van der Waals surface area (Å²) in [6, 6.07) is 6.62. The SMILES string of the molecule is Cc1cnn(C(C)C(C)NCc2cccc3c2OCCO3)c1. The van der Waals surface area contributed by atoms with Crippen LogP contribution in [0.15, 0.2) is 30.6 Å². The van der Waals surface area contributed by atoms with Gasteiger partial charge < -0.3 is 14.8 Å². The summed E-state index contributed by atoms with van der Waals surface area (Å²) in [5.41, 5.74) is 2.31. The second-order valence-corrected chi connectivity index (χ2v) is 5.85. The first-order valence-corrected chi connectivity index (χ1v) is 7.77. The summed E-state index contributed by atoms with van der Waals surface area (Å²) in [6.07, 6.45) is 3.96. The van der Waals surface area contributed by atoms with Crippen molar-refractivity contribution in [2.45, 2.75) is 39.4 Å². The lowest BCUT2D eigenvalue weighted by atomic mass is 10.1. The lowest BCUT2D eigenvalue weighted by Gasteiger charge is -2.24. The van der Waals surface area contributed by atoms with E-state index in [9.17, 15) is 0 Å². The first-order chi connectivity index (χ1) is 10.6. The number of fused-ring (bicyclic) bond motifs is 1. The number of nitrogens with one attached hydrogen (secondary N) is 1. The van der Waals surface area contributed by atoms with Crippen LogP contribution in [0.5, 0.6) is 11.5 Å². The highest BCUT2D eigenvalue weighted by Crippen LogP contribution is 2.33. The molecule has 22 heavy (non-hydrogen) atoms. The summed E-state index contributed by atoms with van der Waals surface area (Å²) in [7, 11) is 0. The molecule has 0 bridgehead atoms. The number of rotatable bonds is 5. The largest absolute Gasteiger partial charge is 0.486 e. The van der Waals surface area contributed by atoms with Crippen LogP contribution in [0.3, 0.4) is 0 Å². The van der Waals surface area contributed by atoms with Crippen molar-refractivity contribution in [3.63, 3.8) is 0 Å². The van der Waals surface area contributed by atoms with Crippen LogP contribution in [0, 0.1) is 6.92 Å². The van der Waals surface area contributed by atoms with Crippen LogP contribution in [0.2, 0.25) is 0 Å². The van der Waals surface area contributed by atoms with E-state index in [0.29, 0.717) is 19.3 Å². The molecular weight excluding hydrogens is 278 g/mol. The zero-order valence-electron chi connectivity index (χ0n) is 13.4. The van der Waals surface area contributed by atoms with E-state index in [1.54, 1.807) is 0 Å². The Morgan fingerprint density at radius 1 is 1.27 bits per heavy atom. The zero-order chi connectivity index (χ0) is 15.5. The Morgan fingerprint density at radius 2 is 2.09 bits per heavy atom. The Morgan fingerprint density at radius 3 is 2.86 bits per heavy atom. The summed E-state index contributed by atoms with van der Waals surface area (Å²) >= 11 is 0. The minimum atomic E-state index is 0.283. The van der Waals surface area contributed by atoms with Gasteiger partial charge in [0.25, 0.3) is 0 Å². The van der Waals surface area contributed by atoms with Crippen molar-refractivity contribution >= 4 is 0 Å². The second kappa shape index (κ2) is 6.40. The Balaban J connectivity index is 1.65. The third kappa shape index (κ3) is 3.09. The maximum absolute atomic E-state index is 5.75. The molecule has 2 aromatic rings. The maximum atomic E-state index is 5.75. The van der Waals surface area contributed by atoms with Crippen LogP contribution >= 0.6 is 0 Å². The first-order valence-electron chi connectivity index (χ1n) is 7.77. The van der Waals surface area contributed by atoms with Crippen molar-refractivity contribution in [2.75, 3.05) is 13.2 Å². The molecule has 1 aliphatic rings. The fourth-order valence-electron chi connectivity index (χ4n) is 2.60. The topological polar surface area (TPSA) is 48.3 Å². The van der Waals surface area contributed by atoms with Gasteiger partial charge in [-0.2, -0.15) is 5.10 Å². The highest BCUT2D eigenvalue weighted by molar-refractivity contribution is 5.47. The molecule has 2 unspecified atom stereocenters. The van der Waals surface area contributed by atoms with Gasteiger partial charge in [-0.1, -0.05) is 12.1 Å². The van der Waals surface area contributed by atoms with Crippen molar-refractivity contribution in [1.82, 2.24) is 15.1 Å². The third-order valence-corrected chi connectivity index (χ3v) is 4.13. The van der Waals surface area contributed by atoms with Gasteiger partial charge in [0, 0.05) is 24.3 Å². The highest BCUT2D eigenvalue weighted by Gasteiger charge is 2.18. The average molecular weight is 301 g/mol. The number of benzene rings is 1. The van der Waals surface area contributed by atoms with Crippen molar-refractivity contribution in [1.29, 1.82) is 0 Å². The Bertz CT molecular complexity index is 639. The van der Waals surface area contributed by atoms with Gasteiger partial charge in [0.05, 0.1) is 12.2 Å². The lowest BCUT2D eigenvalue weighted by molar-refractivity contribution is 0.169. The van der Waals surface area contributed by atoms with E-state index in [1.807, 2.05) is 23.0 Å². The van der Waals surface area contributed by atoms with Gasteiger partial charge >= 0.3 is 0 Å². The number of aromatic nitrogens is 2. The molecule has 0 saturated carbocycles. The van der Waals surface area contributed by atoms with E-state index < -0.39 is 0 Å². The molecule has 0 spiro atoms. The molecule has 1 N–H and O–H groups in total. The van der Waals surface area contributed by atoms with Gasteiger partial charge in [-0.3, -0.25) is 4.68 Å². The first kappa shape index (κ1) is 14.9. The Hall–Kier alpha value is -2.01. The number of hydrogen-bond acceptors (Lipinski definition) is 4. The highest BCUT2D eigenvalue weighted by atomic mass is 16.6. The molecule has 0 radical (unpaired) electrons. The molecule has 118 valence electrons. The summed E-state index contributed by atoms with van der Waals surface area (Å²) in [6.45, 7) is 8.39. The summed E-state index contributed by atoms with van der Waals surface area (Å²) in [5.74, 6) is 1.71. The monoisotopic (exact) mass is 301 g/mol. The van der Waals surface area contributed by atoms with Crippen molar-refractivity contribution in [2.24, 2.45) is 0 Å². The summed E-state index contributed by atoms with van der Waals surface area (Å²) < 4.78 is 13.4. The van der Waals surface area contributed by atoms with Crippen LogP contribution in [0.1, 0.15) is 31.0 Å². The fourth-order valence-corrected chi connectivity index (χ4v) is 2.60. The average Bonchev–Trinajstić information content (AvgIpc) is 2.98. The van der Waals surface area contributed by atoms with Crippen LogP contribution in [0.4, 0.5) is 0 Å². The Kier molecular flexibility index (Phi) is 4.34. The fraction of sp³-hybridized carbons (Fsp3) is 0.471. The summed E-state index contributed by atoms with van der Waals surface area (Å²) in [4.78, 5) is 0. The van der Waals surface area contributed by atoms with Gasteiger partial charge in [0.15, 0.2) is 11.5 Å². The van der Waals surface area contributed by atoms with E-state index in [1.165, 1.54) is 5.56 Å². The van der Waals surface area contributed by atoms with Crippen molar-refractivity contribution in [3.8, 4) is 11.5 Å². The number of ether oxygens (including phenoxy) is 2. The molecule has 0 fully saturated rings. The number of para-hydroxylation sites is 1. The van der Waals surface area contributed by atoms with Crippen molar-refractivity contribution in [3.05, 3.63) is 41.7 Å². The lowest BCUT2D eigenvalue weighted by Crippen LogP contribution is -2.33. The van der Waals surface area contributed by atoms with Gasteiger partial charge in [-0.25, -0.2) is 0 Å². The molecule has 0 saturated heterocycles. The molecular formula is C17H23N3O2. The van der Waals surface area contributed by atoms with E-state index in [2.05, 4.69) is 43.4 Å². The van der Waals surface area contributed by atoms with Gasteiger partial charge in [-0.05, 0) is 32.4 Å². The third-order valence-electron chi connectivity index (χ3n) is 4.13. The standard InChI is InChI=1S/C17H23N3O2/c1-12-9-19-20(11-12)14(3)13(2)18-10-15-5-4-6-16-17(15)22-8-7-21-16/h4-6,9,11,13-14,18H,7-8,10H2,1-3H3. The number of aryl methyl sites for hydroxylation is 1. The molecule has 0 amide bonds. The quantitative estimate of drug-likeness (QED) is 0.922. The maximum Gasteiger partial charge on any atom is 0.165 e. The Labute approximate surface area is 131 Å². The zero-order valence-corrected chi connectivity index (χ0v) is 13.4. The van der Waals surface area contributed by atoms with Crippen LogP contribution in [-0.2, 0) is 6.54 Å². The minimum Gasteiger partial charge on any atom is -0.486 e. The van der Waals surface area contributed by atoms with Gasteiger partial charge in [0.2, 0.25) is 0 Å². The molecule has 1 aromatic carbocycles.